The van der Waals surface area contributed by atoms with E-state index in [-0.39, 0.29) is 23.4 Å². The van der Waals surface area contributed by atoms with Crippen molar-refractivity contribution in [2.75, 3.05) is 6.54 Å². The van der Waals surface area contributed by atoms with E-state index in [1.807, 2.05) is 7.05 Å². The van der Waals surface area contributed by atoms with Crippen molar-refractivity contribution < 1.29 is 13.7 Å². The van der Waals surface area contributed by atoms with E-state index in [4.69, 9.17) is 16.1 Å². The first kappa shape index (κ1) is 19.4. The summed E-state index contributed by atoms with van der Waals surface area (Å²) in [5, 5.41) is 8.95. The average Bonchev–Trinajstić information content (AvgIpc) is 3.38. The molecule has 31 heavy (non-hydrogen) atoms. The molecule has 0 unspecified atom stereocenters. The SMILES string of the molecule is Cn1nc(-c2nc(-c3cccc(F)c3)no2)c2c1CCN(C(=O)c1ccccc1Cl)C2. The van der Waals surface area contributed by atoms with Gasteiger partial charge in [-0.05, 0) is 24.3 Å². The lowest BCUT2D eigenvalue weighted by atomic mass is 10.0. The van der Waals surface area contributed by atoms with Gasteiger partial charge in [0.15, 0.2) is 5.69 Å². The number of nitrogens with zero attached hydrogens (tertiary/aromatic N) is 5. The predicted molar refractivity (Wildman–Crippen MR) is 112 cm³/mol. The zero-order chi connectivity index (χ0) is 21.5. The van der Waals surface area contributed by atoms with Crippen LogP contribution in [0.5, 0.6) is 0 Å². The van der Waals surface area contributed by atoms with Crippen LogP contribution in [0.1, 0.15) is 21.6 Å². The van der Waals surface area contributed by atoms with Gasteiger partial charge in [0.25, 0.3) is 11.8 Å². The van der Waals surface area contributed by atoms with E-state index in [0.29, 0.717) is 41.4 Å². The van der Waals surface area contributed by atoms with Gasteiger partial charge in [-0.1, -0.05) is 41.0 Å². The van der Waals surface area contributed by atoms with Gasteiger partial charge < -0.3 is 9.42 Å². The van der Waals surface area contributed by atoms with Crippen LogP contribution >= 0.6 is 11.6 Å². The molecule has 4 aromatic rings. The molecule has 3 heterocycles. The lowest BCUT2D eigenvalue weighted by Crippen LogP contribution is -2.36. The molecule has 0 N–H and O–H groups in total. The van der Waals surface area contributed by atoms with Crippen molar-refractivity contribution >= 4 is 17.5 Å². The highest BCUT2D eigenvalue weighted by molar-refractivity contribution is 6.33. The molecular formula is C22H17ClFN5O2. The Morgan fingerprint density at radius 1 is 1.19 bits per heavy atom. The second-order valence-corrected chi connectivity index (χ2v) is 7.69. The molecule has 2 aromatic carbocycles. The molecule has 0 saturated heterocycles. The maximum Gasteiger partial charge on any atom is 0.279 e. The van der Waals surface area contributed by atoms with E-state index >= 15 is 0 Å². The first-order valence-electron chi connectivity index (χ1n) is 9.70. The molecule has 1 aliphatic rings. The maximum absolute atomic E-state index is 13.5. The third-order valence-corrected chi connectivity index (χ3v) is 5.67. The number of benzene rings is 2. The highest BCUT2D eigenvalue weighted by Crippen LogP contribution is 2.31. The number of carbonyl (C=O) groups is 1. The number of carbonyl (C=O) groups excluding carboxylic acids is 1. The minimum Gasteiger partial charge on any atom is -0.334 e. The van der Waals surface area contributed by atoms with Gasteiger partial charge in [0.2, 0.25) is 5.82 Å². The van der Waals surface area contributed by atoms with E-state index in [9.17, 15) is 9.18 Å². The van der Waals surface area contributed by atoms with Gasteiger partial charge in [-0.25, -0.2) is 4.39 Å². The summed E-state index contributed by atoms with van der Waals surface area (Å²) >= 11 is 6.22. The highest BCUT2D eigenvalue weighted by Gasteiger charge is 2.30. The summed E-state index contributed by atoms with van der Waals surface area (Å²) < 4.78 is 20.8. The van der Waals surface area contributed by atoms with E-state index in [0.717, 1.165) is 11.3 Å². The second-order valence-electron chi connectivity index (χ2n) is 7.29. The number of aryl methyl sites for hydroxylation is 1. The van der Waals surface area contributed by atoms with Crippen LogP contribution in [0.4, 0.5) is 4.39 Å². The normalized spacial score (nSPS) is 13.3. The molecule has 0 bridgehead atoms. The minimum absolute atomic E-state index is 0.142. The highest BCUT2D eigenvalue weighted by atomic mass is 35.5. The topological polar surface area (TPSA) is 77.1 Å². The lowest BCUT2D eigenvalue weighted by molar-refractivity contribution is 0.0734. The van der Waals surface area contributed by atoms with Crippen LogP contribution in [-0.4, -0.2) is 37.3 Å². The van der Waals surface area contributed by atoms with Crippen molar-refractivity contribution in [1.82, 2.24) is 24.8 Å². The predicted octanol–water partition coefficient (Wildman–Crippen LogP) is 4.13. The quantitative estimate of drug-likeness (QED) is 0.481. The molecule has 0 saturated carbocycles. The van der Waals surface area contributed by atoms with Crippen molar-refractivity contribution in [1.29, 1.82) is 0 Å². The number of aromatic nitrogens is 4. The summed E-state index contributed by atoms with van der Waals surface area (Å²) in [7, 11) is 1.84. The molecule has 0 atom stereocenters. The number of hydrogen-bond donors (Lipinski definition) is 0. The number of rotatable bonds is 3. The second kappa shape index (κ2) is 7.63. The Bertz CT molecular complexity index is 1300. The molecule has 5 rings (SSSR count). The van der Waals surface area contributed by atoms with E-state index in [2.05, 4.69) is 15.2 Å². The van der Waals surface area contributed by atoms with Crippen LogP contribution < -0.4 is 0 Å². The Balaban J connectivity index is 1.48. The summed E-state index contributed by atoms with van der Waals surface area (Å²) in [5.74, 6) is -0.0262. The summed E-state index contributed by atoms with van der Waals surface area (Å²) in [6, 6.07) is 13.0. The van der Waals surface area contributed by atoms with E-state index in [1.54, 1.807) is 46.0 Å². The Hall–Kier alpha value is -3.52. The van der Waals surface area contributed by atoms with Gasteiger partial charge in [-0.3, -0.25) is 9.48 Å². The smallest absolute Gasteiger partial charge is 0.279 e. The molecular weight excluding hydrogens is 421 g/mol. The van der Waals surface area contributed by atoms with Crippen molar-refractivity contribution in [3.8, 4) is 23.0 Å². The van der Waals surface area contributed by atoms with Gasteiger partial charge in [-0.15, -0.1) is 0 Å². The largest absolute Gasteiger partial charge is 0.334 e. The van der Waals surface area contributed by atoms with Crippen LogP contribution in [-0.2, 0) is 20.0 Å². The van der Waals surface area contributed by atoms with Crippen LogP contribution in [0.3, 0.4) is 0 Å². The standard InChI is InChI=1S/C22H17ClFN5O2/c1-28-18-9-10-29(22(30)15-7-2-3-8-17(15)23)12-16(18)19(26-28)21-25-20(27-31-21)13-5-4-6-14(24)11-13/h2-8,11H,9-10,12H2,1H3. The Kier molecular flexibility index (Phi) is 4.78. The number of hydrogen-bond acceptors (Lipinski definition) is 5. The molecule has 0 fully saturated rings. The monoisotopic (exact) mass is 437 g/mol. The molecule has 9 heteroatoms. The van der Waals surface area contributed by atoms with Gasteiger partial charge in [0, 0.05) is 36.8 Å². The van der Waals surface area contributed by atoms with Crippen molar-refractivity contribution in [3.63, 3.8) is 0 Å². The zero-order valence-electron chi connectivity index (χ0n) is 16.5. The number of halogens is 2. The summed E-state index contributed by atoms with van der Waals surface area (Å²) in [6.45, 7) is 0.897. The lowest BCUT2D eigenvalue weighted by Gasteiger charge is -2.27. The van der Waals surface area contributed by atoms with Crippen LogP contribution in [0.2, 0.25) is 5.02 Å². The molecule has 1 amide bonds. The maximum atomic E-state index is 13.5. The van der Waals surface area contributed by atoms with Gasteiger partial charge in [-0.2, -0.15) is 10.1 Å². The fraction of sp³-hybridized carbons (Fsp3) is 0.182. The molecule has 0 radical (unpaired) electrons. The summed E-state index contributed by atoms with van der Waals surface area (Å²) in [5.41, 5.74) is 3.34. The first-order chi connectivity index (χ1) is 15.0. The molecule has 156 valence electrons. The van der Waals surface area contributed by atoms with Gasteiger partial charge in [0.05, 0.1) is 17.1 Å². The Morgan fingerprint density at radius 2 is 2.03 bits per heavy atom. The third kappa shape index (κ3) is 3.48. The van der Waals surface area contributed by atoms with Crippen LogP contribution in [0.25, 0.3) is 23.0 Å². The van der Waals surface area contributed by atoms with Crippen molar-refractivity contribution in [2.45, 2.75) is 13.0 Å². The molecule has 1 aliphatic heterocycles. The van der Waals surface area contributed by atoms with Crippen molar-refractivity contribution in [2.24, 2.45) is 7.05 Å². The molecule has 7 nitrogen and oxygen atoms in total. The van der Waals surface area contributed by atoms with Crippen LogP contribution in [0, 0.1) is 5.82 Å². The minimum atomic E-state index is -0.382. The van der Waals surface area contributed by atoms with Gasteiger partial charge >= 0.3 is 0 Å². The Labute approximate surface area is 182 Å². The van der Waals surface area contributed by atoms with E-state index in [1.165, 1.54) is 12.1 Å². The van der Waals surface area contributed by atoms with E-state index < -0.39 is 0 Å². The summed E-state index contributed by atoms with van der Waals surface area (Å²) in [6.07, 6.45) is 0.639. The molecule has 0 spiro atoms. The fourth-order valence-electron chi connectivity index (χ4n) is 3.81. The average molecular weight is 438 g/mol. The fourth-order valence-corrected chi connectivity index (χ4v) is 4.02. The van der Waals surface area contributed by atoms with Crippen LogP contribution in [0.15, 0.2) is 53.1 Å². The number of fused-ring (bicyclic) bond motifs is 1. The summed E-state index contributed by atoms with van der Waals surface area (Å²) in [4.78, 5) is 19.2. The first-order valence-corrected chi connectivity index (χ1v) is 10.1. The third-order valence-electron chi connectivity index (χ3n) is 5.35. The Morgan fingerprint density at radius 3 is 2.84 bits per heavy atom. The number of amides is 1. The molecule has 2 aromatic heterocycles. The molecule has 0 aliphatic carbocycles. The zero-order valence-corrected chi connectivity index (χ0v) is 17.3. The van der Waals surface area contributed by atoms with Gasteiger partial charge in [0.1, 0.15) is 5.82 Å². The van der Waals surface area contributed by atoms with Crippen molar-refractivity contribution in [3.05, 3.63) is 76.2 Å².